The van der Waals surface area contributed by atoms with Crippen LogP contribution in [0.15, 0.2) is 146 Å². The molecule has 0 spiro atoms. The number of benzene rings is 4. The molecule has 0 aliphatic heterocycles. The maximum atomic E-state index is 11.8. The van der Waals surface area contributed by atoms with Crippen molar-refractivity contribution in [1.29, 1.82) is 0 Å². The molecule has 1 N–H and O–H groups in total. The first-order valence-electron chi connectivity index (χ1n) is 15.8. The fourth-order valence-corrected chi connectivity index (χ4v) is 6.26. The van der Waals surface area contributed by atoms with Crippen molar-refractivity contribution in [1.82, 2.24) is 14.5 Å². The molecule has 0 saturated carbocycles. The molecule has 0 aliphatic rings. The molecule has 4 heteroatoms. The van der Waals surface area contributed by atoms with E-state index in [2.05, 4.69) is 128 Å². The van der Waals surface area contributed by atoms with Crippen LogP contribution >= 0.6 is 0 Å². The van der Waals surface area contributed by atoms with Crippen LogP contribution in [0.5, 0.6) is 0 Å². The highest BCUT2D eigenvalue weighted by Crippen LogP contribution is 2.43. The smallest absolute Gasteiger partial charge is 0.121 e. The second-order valence-electron chi connectivity index (χ2n) is 12.6. The second kappa shape index (κ2) is 13.1. The van der Waals surface area contributed by atoms with Gasteiger partial charge in [0, 0.05) is 24.4 Å². The number of hydrogen-bond acceptors (Lipinski definition) is 3. The fraction of sp³-hybridized carbons (Fsp3) is 0.220. The van der Waals surface area contributed by atoms with Crippen LogP contribution in [0, 0.1) is 5.41 Å². The van der Waals surface area contributed by atoms with Gasteiger partial charge in [-0.25, -0.2) is 4.98 Å². The SMILES string of the molecule is CCC(C)(C)Cc1cn(C(c2ccccc2)(c2ccccc2)c2ccccc2)c(CC(O)c2ccc(-c3ccccn3)cc2)n1. The highest BCUT2D eigenvalue weighted by atomic mass is 16.3. The molecule has 6 rings (SSSR count). The topological polar surface area (TPSA) is 50.9 Å². The van der Waals surface area contributed by atoms with E-state index in [0.717, 1.165) is 57.9 Å². The van der Waals surface area contributed by atoms with E-state index in [1.807, 2.05) is 42.5 Å². The van der Waals surface area contributed by atoms with E-state index in [1.165, 1.54) is 0 Å². The molecular weight excluding hydrogens is 550 g/mol. The van der Waals surface area contributed by atoms with Crippen LogP contribution in [0.4, 0.5) is 0 Å². The zero-order valence-electron chi connectivity index (χ0n) is 26.3. The van der Waals surface area contributed by atoms with Gasteiger partial charge < -0.3 is 9.67 Å². The summed E-state index contributed by atoms with van der Waals surface area (Å²) in [6.07, 6.45) is 5.54. The molecular formula is C41H41N3O. The molecule has 0 aliphatic carbocycles. The first-order valence-corrected chi connectivity index (χ1v) is 15.8. The van der Waals surface area contributed by atoms with Gasteiger partial charge in [0.25, 0.3) is 0 Å². The van der Waals surface area contributed by atoms with Gasteiger partial charge in [-0.2, -0.15) is 0 Å². The molecule has 0 bridgehead atoms. The summed E-state index contributed by atoms with van der Waals surface area (Å²) in [6.45, 7) is 6.82. The molecule has 2 heterocycles. The summed E-state index contributed by atoms with van der Waals surface area (Å²) in [5.74, 6) is 0.842. The maximum absolute atomic E-state index is 11.8. The van der Waals surface area contributed by atoms with Gasteiger partial charge in [0.15, 0.2) is 0 Å². The van der Waals surface area contributed by atoms with Crippen LogP contribution in [0.2, 0.25) is 0 Å². The highest BCUT2D eigenvalue weighted by Gasteiger charge is 2.40. The summed E-state index contributed by atoms with van der Waals surface area (Å²) in [6, 6.07) is 46.0. The van der Waals surface area contributed by atoms with Gasteiger partial charge in [0.05, 0.1) is 17.5 Å². The highest BCUT2D eigenvalue weighted by molar-refractivity contribution is 5.59. The summed E-state index contributed by atoms with van der Waals surface area (Å²) < 4.78 is 2.33. The van der Waals surface area contributed by atoms with E-state index in [9.17, 15) is 5.11 Å². The van der Waals surface area contributed by atoms with Crippen molar-refractivity contribution in [2.75, 3.05) is 0 Å². The molecule has 6 aromatic rings. The Morgan fingerprint density at radius 3 is 1.71 bits per heavy atom. The number of aliphatic hydroxyl groups is 1. The molecule has 4 aromatic carbocycles. The lowest BCUT2D eigenvalue weighted by Gasteiger charge is -2.39. The number of nitrogens with zero attached hydrogens (tertiary/aromatic N) is 3. The summed E-state index contributed by atoms with van der Waals surface area (Å²) in [5.41, 5.74) is 6.61. The van der Waals surface area contributed by atoms with Gasteiger partial charge >= 0.3 is 0 Å². The fourth-order valence-electron chi connectivity index (χ4n) is 6.26. The lowest BCUT2D eigenvalue weighted by Crippen LogP contribution is -2.38. The Morgan fingerprint density at radius 1 is 0.689 bits per heavy atom. The van der Waals surface area contributed by atoms with Crippen LogP contribution in [0.1, 0.15) is 67.1 Å². The van der Waals surface area contributed by atoms with Crippen molar-refractivity contribution in [2.45, 2.75) is 51.7 Å². The normalized spacial score (nSPS) is 12.6. The third-order valence-electron chi connectivity index (χ3n) is 9.01. The Balaban J connectivity index is 1.52. The van der Waals surface area contributed by atoms with Gasteiger partial charge in [-0.15, -0.1) is 0 Å². The van der Waals surface area contributed by atoms with Crippen molar-refractivity contribution < 1.29 is 5.11 Å². The van der Waals surface area contributed by atoms with E-state index in [1.54, 1.807) is 6.20 Å². The van der Waals surface area contributed by atoms with Crippen molar-refractivity contribution in [3.63, 3.8) is 0 Å². The summed E-state index contributed by atoms with van der Waals surface area (Å²) in [5, 5.41) is 11.8. The molecule has 1 unspecified atom stereocenters. The van der Waals surface area contributed by atoms with E-state index < -0.39 is 11.6 Å². The Kier molecular flexibility index (Phi) is 8.77. The number of aliphatic hydroxyl groups excluding tert-OH is 1. The number of rotatable bonds is 11. The summed E-state index contributed by atoms with van der Waals surface area (Å²) in [7, 11) is 0. The molecule has 1 atom stereocenters. The lowest BCUT2D eigenvalue weighted by molar-refractivity contribution is 0.173. The van der Waals surface area contributed by atoms with Crippen molar-refractivity contribution in [2.24, 2.45) is 5.41 Å². The van der Waals surface area contributed by atoms with Gasteiger partial charge in [-0.3, -0.25) is 4.98 Å². The molecule has 2 aromatic heterocycles. The summed E-state index contributed by atoms with van der Waals surface area (Å²) in [4.78, 5) is 9.79. The Bertz CT molecular complexity index is 1700. The predicted octanol–water partition coefficient (Wildman–Crippen LogP) is 9.04. The first kappa shape index (κ1) is 30.2. The zero-order chi connectivity index (χ0) is 31.3. The molecule has 0 saturated heterocycles. The minimum atomic E-state index is -0.740. The third-order valence-corrected chi connectivity index (χ3v) is 9.01. The Morgan fingerprint density at radius 2 is 1.22 bits per heavy atom. The summed E-state index contributed by atoms with van der Waals surface area (Å²) >= 11 is 0. The van der Waals surface area contributed by atoms with E-state index in [-0.39, 0.29) is 5.41 Å². The lowest BCUT2D eigenvalue weighted by atomic mass is 9.76. The monoisotopic (exact) mass is 591 g/mol. The molecule has 0 fully saturated rings. The van der Waals surface area contributed by atoms with Gasteiger partial charge in [0.1, 0.15) is 11.4 Å². The number of aromatic nitrogens is 3. The van der Waals surface area contributed by atoms with Crippen molar-refractivity contribution in [3.8, 4) is 11.3 Å². The molecule has 45 heavy (non-hydrogen) atoms. The maximum Gasteiger partial charge on any atom is 0.121 e. The van der Waals surface area contributed by atoms with Crippen LogP contribution in [0.3, 0.4) is 0 Å². The van der Waals surface area contributed by atoms with Crippen LogP contribution in [-0.2, 0) is 18.4 Å². The Hall–Kier alpha value is -4.80. The number of hydrogen-bond donors (Lipinski definition) is 1. The first-order chi connectivity index (χ1) is 21.9. The molecule has 0 amide bonds. The van der Waals surface area contributed by atoms with Crippen LogP contribution in [-0.4, -0.2) is 19.6 Å². The largest absolute Gasteiger partial charge is 0.388 e. The predicted molar refractivity (Wildman–Crippen MR) is 183 cm³/mol. The standard InChI is InChI=1S/C41H41N3O/c1-4-40(2,3)29-36-30-44(39(43-36)28-38(45)32-25-23-31(24-26-32)37-22-14-15-27-42-37)41(33-16-8-5-9-17-33,34-18-10-6-11-19-34)35-20-12-7-13-21-35/h5-27,30,38,45H,4,28-29H2,1-3H3. The van der Waals surface area contributed by atoms with Crippen LogP contribution < -0.4 is 0 Å². The average Bonchev–Trinajstić information content (AvgIpc) is 3.48. The van der Waals surface area contributed by atoms with Crippen LogP contribution in [0.25, 0.3) is 11.3 Å². The third kappa shape index (κ3) is 6.25. The zero-order valence-corrected chi connectivity index (χ0v) is 26.3. The van der Waals surface area contributed by atoms with E-state index >= 15 is 0 Å². The minimum absolute atomic E-state index is 0.0886. The van der Waals surface area contributed by atoms with E-state index in [4.69, 9.17) is 4.98 Å². The minimum Gasteiger partial charge on any atom is -0.388 e. The second-order valence-corrected chi connectivity index (χ2v) is 12.6. The Labute approximate surface area is 267 Å². The molecule has 226 valence electrons. The van der Waals surface area contributed by atoms with E-state index in [0.29, 0.717) is 6.42 Å². The quantitative estimate of drug-likeness (QED) is 0.153. The number of pyridine rings is 1. The van der Waals surface area contributed by atoms with Gasteiger partial charge in [0.2, 0.25) is 0 Å². The van der Waals surface area contributed by atoms with Gasteiger partial charge in [-0.05, 0) is 46.2 Å². The molecule has 4 nitrogen and oxygen atoms in total. The average molecular weight is 592 g/mol. The molecule has 0 radical (unpaired) electrons. The number of imidazole rings is 1. The van der Waals surface area contributed by atoms with Gasteiger partial charge in [-0.1, -0.05) is 149 Å². The van der Waals surface area contributed by atoms with Crippen molar-refractivity contribution >= 4 is 0 Å². The van der Waals surface area contributed by atoms with Crippen molar-refractivity contribution in [3.05, 3.63) is 180 Å².